The Labute approximate surface area is 123 Å². The lowest BCUT2D eigenvalue weighted by molar-refractivity contribution is 0.140. The van der Waals surface area contributed by atoms with Crippen molar-refractivity contribution < 1.29 is 4.74 Å². The van der Waals surface area contributed by atoms with Crippen LogP contribution < -0.4 is 10.1 Å². The van der Waals surface area contributed by atoms with Gasteiger partial charge in [0.15, 0.2) is 0 Å². The summed E-state index contributed by atoms with van der Waals surface area (Å²) >= 11 is 0. The predicted octanol–water partition coefficient (Wildman–Crippen LogP) is 2.56. The van der Waals surface area contributed by atoms with Crippen molar-refractivity contribution in [2.75, 3.05) is 33.8 Å². The van der Waals surface area contributed by atoms with E-state index >= 15 is 0 Å². The second kappa shape index (κ2) is 7.65. The molecule has 20 heavy (non-hydrogen) atoms. The first kappa shape index (κ1) is 15.3. The van der Waals surface area contributed by atoms with Gasteiger partial charge in [-0.1, -0.05) is 25.5 Å². The topological polar surface area (TPSA) is 24.5 Å². The Morgan fingerprint density at radius 3 is 2.65 bits per heavy atom. The van der Waals surface area contributed by atoms with Crippen LogP contribution in [0.25, 0.3) is 0 Å². The molecule has 1 aliphatic rings. The minimum absolute atomic E-state index is 0.706. The van der Waals surface area contributed by atoms with Crippen LogP contribution in [-0.2, 0) is 6.42 Å². The van der Waals surface area contributed by atoms with Gasteiger partial charge in [-0.2, -0.15) is 0 Å². The van der Waals surface area contributed by atoms with Crippen LogP contribution in [0.2, 0.25) is 0 Å². The Kier molecular flexibility index (Phi) is 5.86. The number of nitrogens with one attached hydrogen (secondary N) is 1. The highest BCUT2D eigenvalue weighted by Crippen LogP contribution is 2.20. The van der Waals surface area contributed by atoms with Crippen molar-refractivity contribution in [1.29, 1.82) is 0 Å². The van der Waals surface area contributed by atoms with Crippen LogP contribution in [-0.4, -0.2) is 44.7 Å². The number of rotatable bonds is 6. The second-order valence-corrected chi connectivity index (χ2v) is 5.75. The summed E-state index contributed by atoms with van der Waals surface area (Å²) in [7, 11) is 3.81. The smallest absolute Gasteiger partial charge is 0.118 e. The molecule has 2 rings (SSSR count). The summed E-state index contributed by atoms with van der Waals surface area (Å²) in [6.45, 7) is 5.93. The first-order valence-corrected chi connectivity index (χ1v) is 7.79. The predicted molar refractivity (Wildman–Crippen MR) is 84.4 cm³/mol. The number of benzene rings is 1. The van der Waals surface area contributed by atoms with Crippen LogP contribution in [0, 0.1) is 5.92 Å². The summed E-state index contributed by atoms with van der Waals surface area (Å²) in [5, 5.41) is 3.47. The van der Waals surface area contributed by atoms with Gasteiger partial charge >= 0.3 is 0 Å². The maximum atomic E-state index is 5.20. The van der Waals surface area contributed by atoms with E-state index in [0.717, 1.165) is 18.1 Å². The van der Waals surface area contributed by atoms with Crippen LogP contribution in [0.5, 0.6) is 5.75 Å². The molecule has 0 saturated carbocycles. The van der Waals surface area contributed by atoms with Gasteiger partial charge in [-0.05, 0) is 50.0 Å². The van der Waals surface area contributed by atoms with Crippen LogP contribution in [0.3, 0.4) is 0 Å². The Hall–Kier alpha value is -1.06. The molecule has 0 radical (unpaired) electrons. The third-order valence-electron chi connectivity index (χ3n) is 4.59. The molecule has 112 valence electrons. The van der Waals surface area contributed by atoms with Crippen molar-refractivity contribution in [3.63, 3.8) is 0 Å². The highest BCUT2D eigenvalue weighted by Gasteiger charge is 2.26. The first-order valence-electron chi connectivity index (χ1n) is 7.79. The SMILES string of the molecule is CCC1CN(CCc2ccc(OC)cc2)CCC1NC. The maximum absolute atomic E-state index is 5.20. The monoisotopic (exact) mass is 276 g/mol. The van der Waals surface area contributed by atoms with E-state index in [1.165, 1.54) is 38.0 Å². The molecule has 1 fully saturated rings. The summed E-state index contributed by atoms with van der Waals surface area (Å²) in [4.78, 5) is 2.62. The van der Waals surface area contributed by atoms with Gasteiger partial charge in [-0.15, -0.1) is 0 Å². The molecule has 0 bridgehead atoms. The molecule has 3 heteroatoms. The molecule has 1 aromatic rings. The van der Waals surface area contributed by atoms with Gasteiger partial charge in [0.05, 0.1) is 7.11 Å². The molecule has 0 aromatic heterocycles. The standard InChI is InChI=1S/C17H28N2O/c1-4-15-13-19(12-10-17(15)18-2)11-9-14-5-7-16(20-3)8-6-14/h5-8,15,17-18H,4,9-13H2,1-3H3. The molecule has 2 atom stereocenters. The fourth-order valence-corrected chi connectivity index (χ4v) is 3.18. The molecule has 2 unspecified atom stereocenters. The zero-order chi connectivity index (χ0) is 14.4. The van der Waals surface area contributed by atoms with E-state index in [0.29, 0.717) is 6.04 Å². The average Bonchev–Trinajstić information content (AvgIpc) is 2.53. The lowest BCUT2D eigenvalue weighted by Gasteiger charge is -2.38. The molecule has 1 heterocycles. The van der Waals surface area contributed by atoms with E-state index in [-0.39, 0.29) is 0 Å². The number of likely N-dealkylation sites (tertiary alicyclic amines) is 1. The van der Waals surface area contributed by atoms with E-state index in [2.05, 4.69) is 48.5 Å². The summed E-state index contributed by atoms with van der Waals surface area (Å²) < 4.78 is 5.20. The summed E-state index contributed by atoms with van der Waals surface area (Å²) in [5.74, 6) is 1.74. The Morgan fingerprint density at radius 1 is 1.30 bits per heavy atom. The molecule has 3 nitrogen and oxygen atoms in total. The minimum Gasteiger partial charge on any atom is -0.497 e. The largest absolute Gasteiger partial charge is 0.497 e. The van der Waals surface area contributed by atoms with E-state index in [4.69, 9.17) is 4.74 Å². The first-order chi connectivity index (χ1) is 9.76. The number of methoxy groups -OCH3 is 1. The summed E-state index contributed by atoms with van der Waals surface area (Å²) in [5.41, 5.74) is 1.40. The Morgan fingerprint density at radius 2 is 2.05 bits per heavy atom. The van der Waals surface area contributed by atoms with Gasteiger partial charge in [-0.3, -0.25) is 0 Å². The molecule has 1 N–H and O–H groups in total. The molecule has 1 aromatic carbocycles. The van der Waals surface area contributed by atoms with Crippen LogP contribution in [0.15, 0.2) is 24.3 Å². The maximum Gasteiger partial charge on any atom is 0.118 e. The number of ether oxygens (including phenoxy) is 1. The molecule has 1 saturated heterocycles. The van der Waals surface area contributed by atoms with Crippen molar-refractivity contribution in [2.45, 2.75) is 32.2 Å². The normalized spacial score (nSPS) is 23.8. The second-order valence-electron chi connectivity index (χ2n) is 5.75. The zero-order valence-electron chi connectivity index (χ0n) is 13.1. The summed E-state index contributed by atoms with van der Waals surface area (Å²) in [6, 6.07) is 9.17. The lowest BCUT2D eigenvalue weighted by atomic mass is 9.90. The molecular weight excluding hydrogens is 248 g/mol. The van der Waals surface area contributed by atoms with Crippen LogP contribution in [0.4, 0.5) is 0 Å². The van der Waals surface area contributed by atoms with E-state index in [9.17, 15) is 0 Å². The van der Waals surface area contributed by atoms with Crippen LogP contribution in [0.1, 0.15) is 25.3 Å². The zero-order valence-corrected chi connectivity index (χ0v) is 13.1. The van der Waals surface area contributed by atoms with Gasteiger partial charge in [0.25, 0.3) is 0 Å². The van der Waals surface area contributed by atoms with Crippen molar-refractivity contribution in [2.24, 2.45) is 5.92 Å². The molecule has 0 amide bonds. The average molecular weight is 276 g/mol. The quantitative estimate of drug-likeness (QED) is 0.864. The fraction of sp³-hybridized carbons (Fsp3) is 0.647. The number of piperidine rings is 1. The summed E-state index contributed by atoms with van der Waals surface area (Å²) in [6.07, 6.45) is 3.67. The van der Waals surface area contributed by atoms with E-state index in [1.807, 2.05) is 0 Å². The van der Waals surface area contributed by atoms with Crippen molar-refractivity contribution in [3.05, 3.63) is 29.8 Å². The van der Waals surface area contributed by atoms with Gasteiger partial charge in [0, 0.05) is 19.1 Å². The number of hydrogen-bond acceptors (Lipinski definition) is 3. The minimum atomic E-state index is 0.706. The number of hydrogen-bond donors (Lipinski definition) is 1. The lowest BCUT2D eigenvalue weighted by Crippen LogP contribution is -2.48. The van der Waals surface area contributed by atoms with Crippen molar-refractivity contribution in [3.8, 4) is 5.75 Å². The highest BCUT2D eigenvalue weighted by atomic mass is 16.5. The molecule has 1 aliphatic heterocycles. The third kappa shape index (κ3) is 3.97. The highest BCUT2D eigenvalue weighted by molar-refractivity contribution is 5.27. The van der Waals surface area contributed by atoms with Crippen molar-refractivity contribution in [1.82, 2.24) is 10.2 Å². The molecule has 0 spiro atoms. The van der Waals surface area contributed by atoms with E-state index < -0.39 is 0 Å². The van der Waals surface area contributed by atoms with E-state index in [1.54, 1.807) is 7.11 Å². The third-order valence-corrected chi connectivity index (χ3v) is 4.59. The van der Waals surface area contributed by atoms with Gasteiger partial charge in [0.1, 0.15) is 5.75 Å². The Balaban J connectivity index is 1.81. The molecular formula is C17H28N2O. The molecule has 0 aliphatic carbocycles. The van der Waals surface area contributed by atoms with Gasteiger partial charge in [0.2, 0.25) is 0 Å². The Bertz CT molecular complexity index is 390. The van der Waals surface area contributed by atoms with Crippen LogP contribution >= 0.6 is 0 Å². The number of nitrogens with zero attached hydrogens (tertiary/aromatic N) is 1. The van der Waals surface area contributed by atoms with Gasteiger partial charge < -0.3 is 15.0 Å². The fourth-order valence-electron chi connectivity index (χ4n) is 3.18. The van der Waals surface area contributed by atoms with Gasteiger partial charge in [-0.25, -0.2) is 0 Å². The van der Waals surface area contributed by atoms with Crippen molar-refractivity contribution >= 4 is 0 Å².